The molecule has 224 valence electrons. The van der Waals surface area contributed by atoms with Crippen molar-refractivity contribution < 1.29 is 115 Å². The number of hydrogen-bond acceptors (Lipinski definition) is 18. The fraction of sp³-hybridized carbons (Fsp3) is 0.500. The summed E-state index contributed by atoms with van der Waals surface area (Å²) in [5, 5.41) is 57.9. The van der Waals surface area contributed by atoms with E-state index in [2.05, 4.69) is 18.5 Å². The summed E-state index contributed by atoms with van der Waals surface area (Å²) in [4.78, 5) is 61.5. The molecule has 40 heavy (non-hydrogen) atoms. The van der Waals surface area contributed by atoms with Crippen molar-refractivity contribution >= 4 is 96.7 Å². The van der Waals surface area contributed by atoms with Gasteiger partial charge >= 0.3 is 81.1 Å². The minimum atomic E-state index is -5.29. The SMILES string of the molecule is O.O.O.O.O.O=C1O[C@H]([C@@H](O)COP(=O)([O-])[O-])C([O-])=C1O.O=C1O[C@H]([C@@H](O)COP(=O)([O-])[O-])C([O-])=C1O.[Mg+2].[Mg+2].[Mg+2]. The van der Waals surface area contributed by atoms with E-state index in [-0.39, 0.29) is 96.5 Å². The first-order valence-corrected chi connectivity index (χ1v) is 10.7. The van der Waals surface area contributed by atoms with Crippen molar-refractivity contribution in [2.24, 2.45) is 0 Å². The molecule has 2 aliphatic heterocycles. The van der Waals surface area contributed by atoms with Crippen LogP contribution in [0.25, 0.3) is 0 Å². The Hall–Kier alpha value is -0.141. The third-order valence-corrected chi connectivity index (χ3v) is 4.27. The predicted octanol–water partition coefficient (Wildman–Crippen LogP) is -12.8. The summed E-state index contributed by atoms with van der Waals surface area (Å²) in [6, 6.07) is 0. The summed E-state index contributed by atoms with van der Waals surface area (Å²) in [5.74, 6) is -7.46. The number of phosphoric ester groups is 2. The summed E-state index contributed by atoms with van der Waals surface area (Å²) in [5.41, 5.74) is 0. The number of esters is 2. The zero-order chi connectivity index (χ0) is 25.0. The molecule has 0 saturated carbocycles. The maximum Gasteiger partial charge on any atom is 2.00 e. The third-order valence-electron chi connectivity index (χ3n) is 3.34. The third kappa shape index (κ3) is 19.1. The van der Waals surface area contributed by atoms with Gasteiger partial charge < -0.3 is 105 Å². The largest absolute Gasteiger partial charge is 2.00 e. The Morgan fingerprint density at radius 1 is 0.675 bits per heavy atom. The van der Waals surface area contributed by atoms with Gasteiger partial charge in [-0.05, 0) is 11.5 Å². The van der Waals surface area contributed by atoms with Crippen LogP contribution in [-0.2, 0) is 37.2 Å². The van der Waals surface area contributed by atoms with E-state index in [1.165, 1.54) is 0 Å². The Labute approximate surface area is 270 Å². The number of carbonyl (C=O) groups excluding carboxylic acids is 2. The number of aliphatic hydroxyl groups is 4. The van der Waals surface area contributed by atoms with E-state index in [0.29, 0.717) is 0 Å². The van der Waals surface area contributed by atoms with Crippen molar-refractivity contribution in [1.29, 1.82) is 0 Å². The number of aliphatic hydroxyl groups excluding tert-OH is 4. The molecule has 0 aliphatic carbocycles. The molecule has 28 heteroatoms. The molecule has 0 radical (unpaired) electrons. The zero-order valence-corrected chi connectivity index (χ0v) is 25.8. The second kappa shape index (κ2) is 24.3. The van der Waals surface area contributed by atoms with Gasteiger partial charge in [-0.25, -0.2) is 9.59 Å². The van der Waals surface area contributed by atoms with Gasteiger partial charge in [-0.2, -0.15) is 0 Å². The van der Waals surface area contributed by atoms with Crippen LogP contribution in [0.4, 0.5) is 0 Å². The summed E-state index contributed by atoms with van der Waals surface area (Å²) in [7, 11) is -10.6. The van der Waals surface area contributed by atoms with E-state index in [1.807, 2.05) is 0 Å². The Morgan fingerprint density at radius 2 is 0.900 bits per heavy atom. The molecule has 23 nitrogen and oxygen atoms in total. The van der Waals surface area contributed by atoms with E-state index in [1.54, 1.807) is 0 Å². The standard InChI is InChI=1S/2C6H9O9P.3Mg.5H2O/c2*7-2(1-14-16(11,12)13)5-3(8)4(9)6(10)15-5;;;;;;;;/h2*2,5,7-9H,1H2,(H2,11,12,13);;;;5*1H2/q;;3*+2;;;;;/p-6/t2*2-,5+;;;;;;;;/m00......../s1. The molecule has 0 fully saturated rings. The van der Waals surface area contributed by atoms with E-state index in [4.69, 9.17) is 10.2 Å². The molecule has 0 bridgehead atoms. The van der Waals surface area contributed by atoms with Crippen molar-refractivity contribution in [3.8, 4) is 0 Å². The maximum absolute atomic E-state index is 11.0. The molecule has 4 atom stereocenters. The summed E-state index contributed by atoms with van der Waals surface area (Å²) < 4.78 is 35.9. The molecule has 2 heterocycles. The zero-order valence-electron chi connectivity index (χ0n) is 19.7. The Balaban J connectivity index is -0.0000000711. The number of carbonyl (C=O) groups is 2. The Bertz CT molecular complexity index is 828. The molecular formula is C12H22Mg3O23P2. The van der Waals surface area contributed by atoms with Gasteiger partial charge in [0.25, 0.3) is 0 Å². The molecule has 0 amide bonds. The quantitative estimate of drug-likeness (QED) is 0.106. The van der Waals surface area contributed by atoms with Crippen LogP contribution in [0.15, 0.2) is 23.0 Å². The van der Waals surface area contributed by atoms with Gasteiger partial charge in [0.1, 0.15) is 24.4 Å². The van der Waals surface area contributed by atoms with Gasteiger partial charge in [-0.15, -0.1) is 0 Å². The molecule has 0 aromatic carbocycles. The first-order valence-electron chi connectivity index (χ1n) is 7.76. The van der Waals surface area contributed by atoms with Crippen LogP contribution in [0.5, 0.6) is 0 Å². The van der Waals surface area contributed by atoms with Crippen molar-refractivity contribution in [1.82, 2.24) is 0 Å². The van der Waals surface area contributed by atoms with E-state index < -0.39 is 88.3 Å². The van der Waals surface area contributed by atoms with Gasteiger partial charge in [0.15, 0.2) is 11.5 Å². The van der Waals surface area contributed by atoms with Crippen LogP contribution in [0, 0.1) is 0 Å². The van der Waals surface area contributed by atoms with Gasteiger partial charge in [0, 0.05) is 0 Å². The first-order chi connectivity index (χ1) is 14.4. The summed E-state index contributed by atoms with van der Waals surface area (Å²) >= 11 is 0. The number of rotatable bonds is 8. The monoisotopic (exact) mass is 668 g/mol. The predicted molar refractivity (Wildman–Crippen MR) is 114 cm³/mol. The van der Waals surface area contributed by atoms with Crippen LogP contribution in [0.2, 0.25) is 0 Å². The molecule has 0 aromatic heterocycles. The van der Waals surface area contributed by atoms with Crippen molar-refractivity contribution in [3.05, 3.63) is 23.0 Å². The molecule has 0 saturated heterocycles. The normalized spacial score (nSPS) is 18.8. The van der Waals surface area contributed by atoms with Gasteiger partial charge in [-0.3, -0.25) is 0 Å². The fourth-order valence-electron chi connectivity index (χ4n) is 1.94. The average Bonchev–Trinajstić information content (AvgIpc) is 3.08. The van der Waals surface area contributed by atoms with E-state index >= 15 is 0 Å². The van der Waals surface area contributed by atoms with Crippen LogP contribution in [0.3, 0.4) is 0 Å². The van der Waals surface area contributed by atoms with E-state index in [9.17, 15) is 58.7 Å². The second-order valence-electron chi connectivity index (χ2n) is 5.70. The Kier molecular flexibility index (Phi) is 36.0. The maximum atomic E-state index is 11.0. The van der Waals surface area contributed by atoms with E-state index in [0.717, 1.165) is 0 Å². The molecule has 14 N–H and O–H groups in total. The van der Waals surface area contributed by atoms with Crippen LogP contribution in [0.1, 0.15) is 0 Å². The van der Waals surface area contributed by atoms with Gasteiger partial charge in [0.2, 0.25) is 0 Å². The van der Waals surface area contributed by atoms with Crippen molar-refractivity contribution in [2.75, 3.05) is 13.2 Å². The van der Waals surface area contributed by atoms with Gasteiger partial charge in [-0.1, -0.05) is 0 Å². The summed E-state index contributed by atoms with van der Waals surface area (Å²) in [6.07, 6.45) is -7.23. The minimum absolute atomic E-state index is 0. The topological polar surface area (TPSA) is 482 Å². The molecule has 0 aromatic rings. The smallest absolute Gasteiger partial charge is 0.870 e. The summed E-state index contributed by atoms with van der Waals surface area (Å²) in [6.45, 7) is -2.08. The van der Waals surface area contributed by atoms with Gasteiger partial charge in [0.05, 0.1) is 28.9 Å². The van der Waals surface area contributed by atoms with Crippen molar-refractivity contribution in [2.45, 2.75) is 24.4 Å². The van der Waals surface area contributed by atoms with Crippen LogP contribution < -0.4 is 29.8 Å². The van der Waals surface area contributed by atoms with Crippen molar-refractivity contribution in [3.63, 3.8) is 0 Å². The average molecular weight is 669 g/mol. The number of phosphoric acid groups is 2. The number of ether oxygens (including phenoxy) is 2. The molecular weight excluding hydrogens is 647 g/mol. The molecule has 2 aliphatic rings. The second-order valence-corrected chi connectivity index (χ2v) is 8.00. The molecule has 2 rings (SSSR count). The minimum Gasteiger partial charge on any atom is -0.870 e. The Morgan fingerprint density at radius 3 is 1.05 bits per heavy atom. The molecule has 0 spiro atoms. The number of hydrogen-bond donors (Lipinski definition) is 4. The van der Waals surface area contributed by atoms with Crippen LogP contribution >= 0.6 is 15.6 Å². The van der Waals surface area contributed by atoms with Crippen LogP contribution in [-0.4, -0.2) is 167 Å². The fourth-order valence-corrected chi connectivity index (χ4v) is 2.61. The number of cyclic esters (lactones) is 2. The molecule has 0 unspecified atom stereocenters. The first kappa shape index (κ1) is 59.3.